The Kier molecular flexibility index (Phi) is 4.77. The zero-order chi connectivity index (χ0) is 14.7. The molecule has 0 radical (unpaired) electrons. The molecule has 0 aliphatic carbocycles. The van der Waals surface area contributed by atoms with Crippen molar-refractivity contribution < 1.29 is 14.7 Å². The quantitative estimate of drug-likeness (QED) is 0.811. The molecule has 0 bridgehead atoms. The number of nitrogens with zero attached hydrogens (tertiary/aromatic N) is 1. The van der Waals surface area contributed by atoms with Crippen LogP contribution < -0.4 is 10.2 Å². The number of hydrogen-bond acceptors (Lipinski definition) is 3. The molecule has 1 heterocycles. The smallest absolute Gasteiger partial charge is 0.239 e. The van der Waals surface area contributed by atoms with Crippen LogP contribution in [0, 0.1) is 5.92 Å². The summed E-state index contributed by atoms with van der Waals surface area (Å²) < 4.78 is 0.893. The van der Waals surface area contributed by atoms with Crippen molar-refractivity contribution in [3.05, 3.63) is 28.7 Å². The third kappa shape index (κ3) is 3.19. The van der Waals surface area contributed by atoms with Gasteiger partial charge in [0.15, 0.2) is 0 Å². The van der Waals surface area contributed by atoms with Gasteiger partial charge < -0.3 is 15.3 Å². The van der Waals surface area contributed by atoms with Crippen molar-refractivity contribution in [3.63, 3.8) is 0 Å². The Morgan fingerprint density at radius 3 is 3.00 bits per heavy atom. The van der Waals surface area contributed by atoms with E-state index < -0.39 is 5.92 Å². The van der Waals surface area contributed by atoms with Gasteiger partial charge in [-0.15, -0.1) is 0 Å². The van der Waals surface area contributed by atoms with Gasteiger partial charge in [-0.2, -0.15) is 0 Å². The normalized spacial score (nSPS) is 20.1. The first-order valence-electron chi connectivity index (χ1n) is 6.51. The Morgan fingerprint density at radius 1 is 1.60 bits per heavy atom. The lowest BCUT2D eigenvalue weighted by atomic mass is 10.1. The first-order valence-corrected chi connectivity index (χ1v) is 7.30. The van der Waals surface area contributed by atoms with Crippen LogP contribution >= 0.6 is 15.9 Å². The number of benzene rings is 1. The molecule has 108 valence electrons. The number of hydrogen-bond donors (Lipinski definition) is 2. The second-order valence-electron chi connectivity index (χ2n) is 4.90. The average molecular weight is 341 g/mol. The molecule has 1 aliphatic rings. The highest BCUT2D eigenvalue weighted by Gasteiger charge is 2.37. The third-order valence-electron chi connectivity index (χ3n) is 3.30. The minimum absolute atomic E-state index is 0.137. The Balaban J connectivity index is 2.08. The molecule has 1 aromatic carbocycles. The van der Waals surface area contributed by atoms with Crippen molar-refractivity contribution in [2.75, 3.05) is 18.1 Å². The van der Waals surface area contributed by atoms with Crippen LogP contribution in [0.1, 0.15) is 13.3 Å². The molecular weight excluding hydrogens is 324 g/mol. The SMILES string of the molecule is C[C@@H](CO)NC(=O)C1CCN(c2cccc(Br)c2)C1=O. The molecule has 0 aromatic heterocycles. The van der Waals surface area contributed by atoms with Gasteiger partial charge in [0, 0.05) is 22.7 Å². The van der Waals surface area contributed by atoms with Crippen molar-refractivity contribution in [2.45, 2.75) is 19.4 Å². The molecule has 0 saturated carbocycles. The molecule has 1 aromatic rings. The van der Waals surface area contributed by atoms with E-state index in [4.69, 9.17) is 5.11 Å². The van der Waals surface area contributed by atoms with E-state index in [1.54, 1.807) is 11.8 Å². The Bertz CT molecular complexity index is 521. The second kappa shape index (κ2) is 6.37. The minimum atomic E-state index is -0.664. The number of aliphatic hydroxyl groups is 1. The minimum Gasteiger partial charge on any atom is -0.394 e. The van der Waals surface area contributed by atoms with Crippen LogP contribution in [0.2, 0.25) is 0 Å². The lowest BCUT2D eigenvalue weighted by Crippen LogP contribution is -2.42. The van der Waals surface area contributed by atoms with Crippen molar-refractivity contribution in [3.8, 4) is 0 Å². The number of anilines is 1. The first-order chi connectivity index (χ1) is 9.52. The highest BCUT2D eigenvalue weighted by atomic mass is 79.9. The summed E-state index contributed by atoms with van der Waals surface area (Å²) in [6, 6.07) is 7.11. The number of nitrogens with one attached hydrogen (secondary N) is 1. The summed E-state index contributed by atoms with van der Waals surface area (Å²) in [7, 11) is 0. The molecule has 6 heteroatoms. The monoisotopic (exact) mass is 340 g/mol. The predicted octanol–water partition coefficient (Wildman–Crippen LogP) is 1.30. The topological polar surface area (TPSA) is 69.6 Å². The first kappa shape index (κ1) is 15.0. The Hall–Kier alpha value is -1.40. The van der Waals surface area contributed by atoms with Gasteiger partial charge in [-0.05, 0) is 31.5 Å². The maximum absolute atomic E-state index is 12.3. The Morgan fingerprint density at radius 2 is 2.35 bits per heavy atom. The van der Waals surface area contributed by atoms with Crippen molar-refractivity contribution >= 4 is 33.4 Å². The third-order valence-corrected chi connectivity index (χ3v) is 3.80. The summed E-state index contributed by atoms with van der Waals surface area (Å²) >= 11 is 3.37. The van der Waals surface area contributed by atoms with E-state index in [9.17, 15) is 9.59 Å². The van der Waals surface area contributed by atoms with Crippen LogP contribution in [-0.2, 0) is 9.59 Å². The molecule has 0 spiro atoms. The van der Waals surface area contributed by atoms with Gasteiger partial charge in [0.1, 0.15) is 5.92 Å². The molecule has 1 aliphatic heterocycles. The molecule has 1 saturated heterocycles. The van der Waals surface area contributed by atoms with Crippen LogP contribution in [0.3, 0.4) is 0 Å². The fourth-order valence-electron chi connectivity index (χ4n) is 2.21. The van der Waals surface area contributed by atoms with Crippen molar-refractivity contribution in [1.29, 1.82) is 0 Å². The maximum Gasteiger partial charge on any atom is 0.239 e. The molecule has 5 nitrogen and oxygen atoms in total. The van der Waals surface area contributed by atoms with Crippen LogP contribution in [0.25, 0.3) is 0 Å². The maximum atomic E-state index is 12.3. The number of halogens is 1. The highest BCUT2D eigenvalue weighted by Crippen LogP contribution is 2.27. The van der Waals surface area contributed by atoms with Crippen LogP contribution in [0.15, 0.2) is 28.7 Å². The molecule has 2 N–H and O–H groups in total. The van der Waals surface area contributed by atoms with Gasteiger partial charge in [-0.1, -0.05) is 22.0 Å². The standard InChI is InChI=1S/C14H17BrN2O3/c1-9(8-18)16-13(19)12-5-6-17(14(12)20)11-4-2-3-10(15)7-11/h2-4,7,9,12,18H,5-6,8H2,1H3,(H,16,19)/t9-,12?/m0/s1. The van der Waals surface area contributed by atoms with E-state index in [1.807, 2.05) is 24.3 Å². The molecular formula is C14H17BrN2O3. The molecule has 1 unspecified atom stereocenters. The number of carbonyl (C=O) groups excluding carboxylic acids is 2. The van der Waals surface area contributed by atoms with E-state index in [0.717, 1.165) is 10.2 Å². The second-order valence-corrected chi connectivity index (χ2v) is 5.82. The van der Waals surface area contributed by atoms with Crippen LogP contribution in [0.4, 0.5) is 5.69 Å². The zero-order valence-corrected chi connectivity index (χ0v) is 12.8. The number of rotatable bonds is 4. The van der Waals surface area contributed by atoms with Gasteiger partial charge in [0.2, 0.25) is 11.8 Å². The van der Waals surface area contributed by atoms with Gasteiger partial charge in [0.05, 0.1) is 6.61 Å². The zero-order valence-electron chi connectivity index (χ0n) is 11.2. The predicted molar refractivity (Wildman–Crippen MR) is 79.3 cm³/mol. The van der Waals surface area contributed by atoms with Crippen molar-refractivity contribution in [1.82, 2.24) is 5.32 Å². The molecule has 2 amide bonds. The number of amides is 2. The Labute approximate surface area is 126 Å². The summed E-state index contributed by atoms with van der Waals surface area (Å²) in [6.45, 7) is 2.09. The largest absolute Gasteiger partial charge is 0.394 e. The lowest BCUT2D eigenvalue weighted by molar-refractivity contribution is -0.132. The summed E-state index contributed by atoms with van der Waals surface area (Å²) in [5.41, 5.74) is 0.787. The fourth-order valence-corrected chi connectivity index (χ4v) is 2.60. The van der Waals surface area contributed by atoms with Gasteiger partial charge in [0.25, 0.3) is 0 Å². The van der Waals surface area contributed by atoms with E-state index in [2.05, 4.69) is 21.2 Å². The summed E-state index contributed by atoms with van der Waals surface area (Å²) in [4.78, 5) is 25.9. The van der Waals surface area contributed by atoms with E-state index in [1.165, 1.54) is 0 Å². The van der Waals surface area contributed by atoms with Crippen LogP contribution in [-0.4, -0.2) is 36.1 Å². The fraction of sp³-hybridized carbons (Fsp3) is 0.429. The van der Waals surface area contributed by atoms with Crippen LogP contribution in [0.5, 0.6) is 0 Å². The van der Waals surface area contributed by atoms with Crippen molar-refractivity contribution in [2.24, 2.45) is 5.92 Å². The number of aliphatic hydroxyl groups excluding tert-OH is 1. The molecule has 2 rings (SSSR count). The molecule has 20 heavy (non-hydrogen) atoms. The molecule has 2 atom stereocenters. The highest BCUT2D eigenvalue weighted by molar-refractivity contribution is 9.10. The molecule has 1 fully saturated rings. The van der Waals surface area contributed by atoms with E-state index in [0.29, 0.717) is 13.0 Å². The number of carbonyl (C=O) groups is 2. The summed E-state index contributed by atoms with van der Waals surface area (Å²) in [5, 5.41) is 11.6. The summed E-state index contributed by atoms with van der Waals surface area (Å²) in [5.74, 6) is -1.16. The van der Waals surface area contributed by atoms with Gasteiger partial charge >= 0.3 is 0 Å². The average Bonchev–Trinajstić information content (AvgIpc) is 2.80. The lowest BCUT2D eigenvalue weighted by Gasteiger charge is -2.18. The van der Waals surface area contributed by atoms with Gasteiger partial charge in [-0.3, -0.25) is 9.59 Å². The van der Waals surface area contributed by atoms with Gasteiger partial charge in [-0.25, -0.2) is 0 Å². The van der Waals surface area contributed by atoms with E-state index in [-0.39, 0.29) is 24.5 Å². The summed E-state index contributed by atoms with van der Waals surface area (Å²) in [6.07, 6.45) is 0.495. The van der Waals surface area contributed by atoms with E-state index >= 15 is 0 Å².